The van der Waals surface area contributed by atoms with E-state index in [4.69, 9.17) is 18.6 Å². The Morgan fingerprint density at radius 2 is 1.90 bits per heavy atom. The largest absolute Gasteiger partial charge is 0.454 e. The molecule has 1 N–H and O–H groups in total. The van der Waals surface area contributed by atoms with Crippen molar-refractivity contribution in [3.8, 4) is 11.5 Å². The monoisotopic (exact) mass is 395 g/mol. The summed E-state index contributed by atoms with van der Waals surface area (Å²) in [6.07, 6.45) is 0. The molecular weight excluding hydrogens is 378 g/mol. The van der Waals surface area contributed by atoms with Crippen molar-refractivity contribution >= 4 is 22.8 Å². The molecule has 148 valence electrons. The highest BCUT2D eigenvalue weighted by Crippen LogP contribution is 2.34. The van der Waals surface area contributed by atoms with Crippen LogP contribution in [0.25, 0.3) is 11.0 Å². The SMILES string of the molecule is C[C@@H](NC(=O)COC(=O)c1cc2ccccc2oc1=O)c1ccc2c(c1)OCO2. The fourth-order valence-electron chi connectivity index (χ4n) is 2.96. The Hall–Kier alpha value is -3.81. The van der Waals surface area contributed by atoms with E-state index >= 15 is 0 Å². The lowest BCUT2D eigenvalue weighted by molar-refractivity contribution is -0.124. The minimum Gasteiger partial charge on any atom is -0.454 e. The van der Waals surface area contributed by atoms with Crippen molar-refractivity contribution in [2.45, 2.75) is 13.0 Å². The summed E-state index contributed by atoms with van der Waals surface area (Å²) in [5.74, 6) is -0.169. The van der Waals surface area contributed by atoms with Crippen molar-refractivity contribution in [3.05, 3.63) is 70.1 Å². The van der Waals surface area contributed by atoms with Gasteiger partial charge in [0.1, 0.15) is 11.1 Å². The highest BCUT2D eigenvalue weighted by molar-refractivity contribution is 5.94. The maximum absolute atomic E-state index is 12.2. The van der Waals surface area contributed by atoms with E-state index in [0.29, 0.717) is 22.5 Å². The van der Waals surface area contributed by atoms with E-state index in [2.05, 4.69) is 5.32 Å². The smallest absolute Gasteiger partial charge is 0.351 e. The van der Waals surface area contributed by atoms with Crippen LogP contribution in [0, 0.1) is 0 Å². The van der Waals surface area contributed by atoms with Crippen LogP contribution in [0.3, 0.4) is 0 Å². The van der Waals surface area contributed by atoms with Gasteiger partial charge in [0.2, 0.25) is 6.79 Å². The molecule has 1 aliphatic rings. The first-order valence-electron chi connectivity index (χ1n) is 8.90. The molecule has 1 aromatic heterocycles. The molecule has 3 aromatic rings. The molecule has 8 nitrogen and oxygen atoms in total. The first-order chi connectivity index (χ1) is 14.0. The lowest BCUT2D eigenvalue weighted by Crippen LogP contribution is -2.31. The average Bonchev–Trinajstić information content (AvgIpc) is 3.19. The van der Waals surface area contributed by atoms with Gasteiger partial charge in [-0.15, -0.1) is 0 Å². The predicted molar refractivity (Wildman–Crippen MR) is 102 cm³/mol. The predicted octanol–water partition coefficient (Wildman–Crippen LogP) is 2.56. The quantitative estimate of drug-likeness (QED) is 0.523. The fourth-order valence-corrected chi connectivity index (χ4v) is 2.96. The Balaban J connectivity index is 1.37. The number of fused-ring (bicyclic) bond motifs is 2. The summed E-state index contributed by atoms with van der Waals surface area (Å²) in [4.78, 5) is 36.3. The van der Waals surface area contributed by atoms with Gasteiger partial charge in [-0.05, 0) is 36.8 Å². The summed E-state index contributed by atoms with van der Waals surface area (Å²) in [5, 5.41) is 3.31. The van der Waals surface area contributed by atoms with Gasteiger partial charge in [-0.1, -0.05) is 24.3 Å². The second-order valence-corrected chi connectivity index (χ2v) is 6.46. The Labute approximate surface area is 165 Å². The van der Waals surface area contributed by atoms with E-state index in [9.17, 15) is 14.4 Å². The normalized spacial score (nSPS) is 13.1. The van der Waals surface area contributed by atoms with Gasteiger partial charge in [-0.3, -0.25) is 4.79 Å². The fraction of sp³-hybridized carbons (Fsp3) is 0.190. The van der Waals surface area contributed by atoms with E-state index in [1.54, 1.807) is 43.3 Å². The van der Waals surface area contributed by atoms with Crippen LogP contribution in [0.15, 0.2) is 57.7 Å². The van der Waals surface area contributed by atoms with E-state index < -0.39 is 24.1 Å². The zero-order valence-corrected chi connectivity index (χ0v) is 15.5. The molecule has 1 atom stereocenters. The standard InChI is InChI=1S/C21H17NO7/c1-12(13-6-7-17-18(9-13)28-11-27-17)22-19(23)10-26-20(24)15-8-14-4-2-3-5-16(14)29-21(15)25/h2-9,12H,10-11H2,1H3,(H,22,23)/t12-/m1/s1. The van der Waals surface area contributed by atoms with Crippen LogP contribution in [0.4, 0.5) is 0 Å². The second-order valence-electron chi connectivity index (χ2n) is 6.46. The lowest BCUT2D eigenvalue weighted by atomic mass is 10.1. The molecule has 0 bridgehead atoms. The minimum absolute atomic E-state index is 0.165. The second kappa shape index (κ2) is 7.67. The first kappa shape index (κ1) is 18.5. The van der Waals surface area contributed by atoms with Crippen LogP contribution < -0.4 is 20.4 Å². The Morgan fingerprint density at radius 3 is 2.76 bits per heavy atom. The van der Waals surface area contributed by atoms with E-state index in [-0.39, 0.29) is 18.4 Å². The number of carbonyl (C=O) groups excluding carboxylic acids is 2. The molecule has 2 heterocycles. The Morgan fingerprint density at radius 1 is 1.10 bits per heavy atom. The molecule has 0 saturated carbocycles. The number of hydrogen-bond donors (Lipinski definition) is 1. The van der Waals surface area contributed by atoms with Crippen LogP contribution in [0.2, 0.25) is 0 Å². The number of nitrogens with one attached hydrogen (secondary N) is 1. The van der Waals surface area contributed by atoms with Gasteiger partial charge in [0.15, 0.2) is 18.1 Å². The van der Waals surface area contributed by atoms with Crippen molar-refractivity contribution in [2.24, 2.45) is 0 Å². The summed E-state index contributed by atoms with van der Waals surface area (Å²) in [6, 6.07) is 13.2. The van der Waals surface area contributed by atoms with Crippen LogP contribution in [-0.2, 0) is 9.53 Å². The summed E-state index contributed by atoms with van der Waals surface area (Å²) in [6.45, 7) is 1.42. The highest BCUT2D eigenvalue weighted by atomic mass is 16.7. The summed E-state index contributed by atoms with van der Waals surface area (Å²) in [7, 11) is 0. The number of rotatable bonds is 5. The molecule has 4 rings (SSSR count). The zero-order valence-electron chi connectivity index (χ0n) is 15.5. The molecule has 0 unspecified atom stereocenters. The molecule has 2 aromatic carbocycles. The molecule has 1 amide bonds. The van der Waals surface area contributed by atoms with Crippen molar-refractivity contribution in [3.63, 3.8) is 0 Å². The van der Waals surface area contributed by atoms with Crippen LogP contribution in [-0.4, -0.2) is 25.3 Å². The maximum atomic E-state index is 12.2. The highest BCUT2D eigenvalue weighted by Gasteiger charge is 2.19. The number of hydrogen-bond acceptors (Lipinski definition) is 7. The van der Waals surface area contributed by atoms with Gasteiger partial charge >= 0.3 is 11.6 Å². The zero-order chi connectivity index (χ0) is 20.4. The van der Waals surface area contributed by atoms with E-state index in [0.717, 1.165) is 5.56 Å². The average molecular weight is 395 g/mol. The topological polar surface area (TPSA) is 104 Å². The van der Waals surface area contributed by atoms with Crippen molar-refractivity contribution in [2.75, 3.05) is 13.4 Å². The number of benzene rings is 2. The number of esters is 1. The van der Waals surface area contributed by atoms with Crippen LogP contribution in [0.5, 0.6) is 11.5 Å². The van der Waals surface area contributed by atoms with Crippen LogP contribution in [0.1, 0.15) is 28.9 Å². The summed E-state index contributed by atoms with van der Waals surface area (Å²) >= 11 is 0. The molecule has 0 saturated heterocycles. The molecule has 0 radical (unpaired) electrons. The van der Waals surface area contributed by atoms with Crippen LogP contribution >= 0.6 is 0 Å². The Bertz CT molecular complexity index is 1150. The van der Waals surface area contributed by atoms with Crippen molar-refractivity contribution in [1.82, 2.24) is 5.32 Å². The summed E-state index contributed by atoms with van der Waals surface area (Å²) < 4.78 is 20.7. The third kappa shape index (κ3) is 3.91. The van der Waals surface area contributed by atoms with Gasteiger partial charge in [-0.25, -0.2) is 9.59 Å². The third-order valence-electron chi connectivity index (χ3n) is 4.47. The number of para-hydroxylation sites is 1. The molecule has 1 aliphatic heterocycles. The minimum atomic E-state index is -0.921. The van der Waals surface area contributed by atoms with Gasteiger partial charge in [0, 0.05) is 5.39 Å². The molecule has 0 spiro atoms. The molecule has 29 heavy (non-hydrogen) atoms. The summed E-state index contributed by atoms with van der Waals surface area (Å²) in [5.41, 5.74) is 0.0941. The van der Waals surface area contributed by atoms with E-state index in [1.165, 1.54) is 6.07 Å². The lowest BCUT2D eigenvalue weighted by Gasteiger charge is -2.15. The Kier molecular flexibility index (Phi) is 4.90. The van der Waals surface area contributed by atoms with Crippen molar-refractivity contribution in [1.29, 1.82) is 0 Å². The molecule has 0 aliphatic carbocycles. The van der Waals surface area contributed by atoms with Gasteiger partial charge in [-0.2, -0.15) is 0 Å². The third-order valence-corrected chi connectivity index (χ3v) is 4.47. The number of ether oxygens (including phenoxy) is 3. The molecule has 8 heteroatoms. The first-order valence-corrected chi connectivity index (χ1v) is 8.90. The van der Waals surface area contributed by atoms with E-state index in [1.807, 2.05) is 6.07 Å². The number of carbonyl (C=O) groups is 2. The maximum Gasteiger partial charge on any atom is 0.351 e. The van der Waals surface area contributed by atoms with Gasteiger partial charge < -0.3 is 23.9 Å². The van der Waals surface area contributed by atoms with Gasteiger partial charge in [0.25, 0.3) is 5.91 Å². The van der Waals surface area contributed by atoms with Gasteiger partial charge in [0.05, 0.1) is 6.04 Å². The molecular formula is C21H17NO7. The molecule has 0 fully saturated rings. The van der Waals surface area contributed by atoms with Crippen molar-refractivity contribution < 1.29 is 28.2 Å². The number of amides is 1.